The molecule has 0 bridgehead atoms. The van der Waals surface area contributed by atoms with Gasteiger partial charge >= 0.3 is 0 Å². The van der Waals surface area contributed by atoms with Crippen LogP contribution in [0.3, 0.4) is 0 Å². The second-order valence-corrected chi connectivity index (χ2v) is 1.71. The fraction of sp³-hybridized carbons (Fsp3) is 0.167. The van der Waals surface area contributed by atoms with Gasteiger partial charge in [0.05, 0.1) is 0 Å². The maximum atomic E-state index is 8.36. The monoisotopic (exact) mass is 156 g/mol. The highest BCUT2D eigenvalue weighted by Gasteiger charge is 1.73. The van der Waals surface area contributed by atoms with Gasteiger partial charge in [-0.05, 0) is 19.1 Å². The fourth-order valence-electron chi connectivity index (χ4n) is 0.448. The summed E-state index contributed by atoms with van der Waals surface area (Å²) in [7, 11) is 0. The smallest absolute Gasteiger partial charge is 0.291 e. The minimum absolute atomic E-state index is 1.07. The number of hydrogen-bond acceptors (Lipinski definition) is 3. The van der Waals surface area contributed by atoms with Crippen LogP contribution in [0.5, 0.6) is 0 Å². The summed E-state index contributed by atoms with van der Waals surface area (Å²) < 4.78 is 0. The number of nitrogens with zero attached hydrogens (tertiary/aromatic N) is 2. The Morgan fingerprint density at radius 3 is 2.36 bits per heavy atom. The summed E-state index contributed by atoms with van der Waals surface area (Å²) in [6.45, 7) is 1.97. The van der Waals surface area contributed by atoms with Gasteiger partial charge in [-0.3, -0.25) is 4.98 Å². The SMILES string of the molecule is Cc1ccccn1.O=[N+]([O-])O. The lowest BCUT2D eigenvalue weighted by Gasteiger charge is -1.82. The molecule has 0 spiro atoms. The van der Waals surface area contributed by atoms with Crippen molar-refractivity contribution < 1.29 is 10.3 Å². The summed E-state index contributed by atoms with van der Waals surface area (Å²) in [4.78, 5) is 12.3. The molecule has 0 radical (unpaired) electrons. The largest absolute Gasteiger partial charge is 0.328 e. The lowest BCUT2D eigenvalue weighted by molar-refractivity contribution is -0.742. The Labute approximate surface area is 63.4 Å². The van der Waals surface area contributed by atoms with Gasteiger partial charge in [0.2, 0.25) is 0 Å². The molecule has 60 valence electrons. The van der Waals surface area contributed by atoms with Crippen molar-refractivity contribution in [1.29, 1.82) is 0 Å². The van der Waals surface area contributed by atoms with Crippen molar-refractivity contribution in [2.24, 2.45) is 0 Å². The molecule has 1 heterocycles. The molecule has 5 nitrogen and oxygen atoms in total. The molecule has 0 saturated heterocycles. The van der Waals surface area contributed by atoms with Crippen molar-refractivity contribution in [2.75, 3.05) is 0 Å². The Kier molecular flexibility index (Phi) is 4.39. The third-order valence-corrected chi connectivity index (χ3v) is 0.813. The van der Waals surface area contributed by atoms with Crippen LogP contribution in [0.2, 0.25) is 0 Å². The predicted octanol–water partition coefficient (Wildman–Crippen LogP) is 1.04. The average molecular weight is 156 g/mol. The second-order valence-electron chi connectivity index (χ2n) is 1.71. The van der Waals surface area contributed by atoms with Crippen LogP contribution in [0, 0.1) is 17.0 Å². The van der Waals surface area contributed by atoms with Gasteiger partial charge in [0.1, 0.15) is 0 Å². The van der Waals surface area contributed by atoms with Crippen molar-refractivity contribution in [1.82, 2.24) is 4.98 Å². The van der Waals surface area contributed by atoms with E-state index in [-0.39, 0.29) is 0 Å². The number of aromatic nitrogens is 1. The molecule has 1 aromatic rings. The first-order valence-corrected chi connectivity index (χ1v) is 2.84. The predicted molar refractivity (Wildman–Crippen MR) is 37.8 cm³/mol. The Bertz CT molecular complexity index is 208. The molecule has 1 N–H and O–H groups in total. The molecule has 0 aliphatic rings. The van der Waals surface area contributed by atoms with E-state index in [1.54, 1.807) is 6.20 Å². The van der Waals surface area contributed by atoms with Gasteiger partial charge < -0.3 is 5.21 Å². The van der Waals surface area contributed by atoms with Gasteiger partial charge in [0, 0.05) is 11.9 Å². The first-order valence-electron chi connectivity index (χ1n) is 2.84. The van der Waals surface area contributed by atoms with E-state index in [1.807, 2.05) is 25.1 Å². The van der Waals surface area contributed by atoms with Gasteiger partial charge in [-0.25, -0.2) is 0 Å². The van der Waals surface area contributed by atoms with Crippen molar-refractivity contribution in [3.05, 3.63) is 40.2 Å². The van der Waals surface area contributed by atoms with Crippen LogP contribution >= 0.6 is 0 Å². The zero-order valence-corrected chi connectivity index (χ0v) is 5.97. The molecule has 0 aliphatic carbocycles. The third-order valence-electron chi connectivity index (χ3n) is 0.813. The molecular formula is C6H8N2O3. The molecule has 0 atom stereocenters. The lowest BCUT2D eigenvalue weighted by Crippen LogP contribution is -1.81. The van der Waals surface area contributed by atoms with E-state index in [0.29, 0.717) is 0 Å². The lowest BCUT2D eigenvalue weighted by atomic mass is 10.4. The topological polar surface area (TPSA) is 76.3 Å². The Hall–Kier alpha value is -1.65. The van der Waals surface area contributed by atoms with E-state index in [2.05, 4.69) is 4.98 Å². The molecule has 0 aliphatic heterocycles. The summed E-state index contributed by atoms with van der Waals surface area (Å²) in [5.41, 5.74) is 1.07. The third kappa shape index (κ3) is 8.35. The second kappa shape index (κ2) is 5.16. The Morgan fingerprint density at radius 2 is 2.18 bits per heavy atom. The fourth-order valence-corrected chi connectivity index (χ4v) is 0.448. The minimum atomic E-state index is -1.50. The van der Waals surface area contributed by atoms with Gasteiger partial charge in [0.25, 0.3) is 5.09 Å². The molecule has 1 rings (SSSR count). The van der Waals surface area contributed by atoms with Crippen LogP contribution < -0.4 is 0 Å². The van der Waals surface area contributed by atoms with Crippen LogP contribution in [0.4, 0.5) is 0 Å². The van der Waals surface area contributed by atoms with E-state index in [9.17, 15) is 0 Å². The molecule has 0 amide bonds. The van der Waals surface area contributed by atoms with E-state index in [1.165, 1.54) is 0 Å². The van der Waals surface area contributed by atoms with Gasteiger partial charge in [-0.15, -0.1) is 10.1 Å². The van der Waals surface area contributed by atoms with Gasteiger partial charge in [-0.1, -0.05) is 6.07 Å². The van der Waals surface area contributed by atoms with Crippen molar-refractivity contribution in [2.45, 2.75) is 6.92 Å². The standard InChI is InChI=1S/C6H7N.HNO3/c1-6-4-2-3-5-7-6;2-1(3)4/h2-5H,1H3;(H,2,3,4). The zero-order valence-electron chi connectivity index (χ0n) is 5.97. The Balaban J connectivity index is 0.000000218. The molecule has 11 heavy (non-hydrogen) atoms. The first-order chi connectivity index (χ1) is 5.13. The highest BCUT2D eigenvalue weighted by molar-refractivity contribution is 4.99. The summed E-state index contributed by atoms with van der Waals surface area (Å²) >= 11 is 0. The minimum Gasteiger partial charge on any atom is -0.328 e. The van der Waals surface area contributed by atoms with Crippen LogP contribution in [-0.4, -0.2) is 15.3 Å². The zero-order chi connectivity index (χ0) is 8.69. The maximum Gasteiger partial charge on any atom is 0.291 e. The molecule has 0 saturated carbocycles. The summed E-state index contributed by atoms with van der Waals surface area (Å²) in [5.74, 6) is 0. The highest BCUT2D eigenvalue weighted by atomic mass is 16.9. The normalized spacial score (nSPS) is 7.73. The van der Waals surface area contributed by atoms with Crippen molar-refractivity contribution in [3.63, 3.8) is 0 Å². The van der Waals surface area contributed by atoms with Crippen LogP contribution in [0.25, 0.3) is 0 Å². The van der Waals surface area contributed by atoms with Crippen LogP contribution in [0.1, 0.15) is 5.69 Å². The maximum absolute atomic E-state index is 8.36. The van der Waals surface area contributed by atoms with E-state index >= 15 is 0 Å². The Morgan fingerprint density at radius 1 is 1.64 bits per heavy atom. The number of rotatable bonds is 0. The van der Waals surface area contributed by atoms with Crippen LogP contribution in [-0.2, 0) is 0 Å². The van der Waals surface area contributed by atoms with Crippen molar-refractivity contribution >= 4 is 0 Å². The molecule has 0 unspecified atom stereocenters. The van der Waals surface area contributed by atoms with E-state index in [4.69, 9.17) is 15.3 Å². The van der Waals surface area contributed by atoms with Gasteiger partial charge in [0.15, 0.2) is 0 Å². The summed E-state index contributed by atoms with van der Waals surface area (Å²) in [5, 5.41) is 13.6. The number of aryl methyl sites for hydroxylation is 1. The number of hydrogen-bond donors (Lipinski definition) is 1. The van der Waals surface area contributed by atoms with Crippen molar-refractivity contribution in [3.8, 4) is 0 Å². The number of pyridine rings is 1. The molecule has 1 aromatic heterocycles. The summed E-state index contributed by atoms with van der Waals surface area (Å²) in [6, 6.07) is 5.86. The van der Waals surface area contributed by atoms with Gasteiger partial charge in [-0.2, -0.15) is 0 Å². The van der Waals surface area contributed by atoms with E-state index < -0.39 is 5.09 Å². The molecule has 5 heteroatoms. The molecule has 0 fully saturated rings. The molecule has 0 aromatic carbocycles. The summed E-state index contributed by atoms with van der Waals surface area (Å²) in [6.07, 6.45) is 1.79. The van der Waals surface area contributed by atoms with E-state index in [0.717, 1.165) is 5.69 Å². The quantitative estimate of drug-likeness (QED) is 0.449. The average Bonchev–Trinajstić information content (AvgIpc) is 1.87. The molecular weight excluding hydrogens is 148 g/mol. The van der Waals surface area contributed by atoms with Crippen LogP contribution in [0.15, 0.2) is 24.4 Å². The first kappa shape index (κ1) is 9.35. The highest BCUT2D eigenvalue weighted by Crippen LogP contribution is 1.85.